The summed E-state index contributed by atoms with van der Waals surface area (Å²) in [4.78, 5) is 14.5. The van der Waals surface area contributed by atoms with Gasteiger partial charge in [0.15, 0.2) is 11.5 Å². The maximum atomic E-state index is 12.4. The zero-order valence-electron chi connectivity index (χ0n) is 13.3. The van der Waals surface area contributed by atoms with Crippen LogP contribution in [0, 0.1) is 0 Å². The number of nitrogens with one attached hydrogen (secondary N) is 1. The van der Waals surface area contributed by atoms with E-state index in [1.165, 1.54) is 0 Å². The van der Waals surface area contributed by atoms with Crippen molar-refractivity contribution in [2.75, 3.05) is 30.7 Å². The van der Waals surface area contributed by atoms with Gasteiger partial charge < -0.3 is 24.4 Å². The lowest BCUT2D eigenvalue weighted by Crippen LogP contribution is -2.42. The maximum Gasteiger partial charge on any atom is 0.231 e. The van der Waals surface area contributed by atoms with Gasteiger partial charge in [0.2, 0.25) is 12.7 Å². The second-order valence-corrected chi connectivity index (χ2v) is 5.86. The van der Waals surface area contributed by atoms with E-state index in [9.17, 15) is 4.79 Å². The number of amides is 1. The van der Waals surface area contributed by atoms with E-state index in [4.69, 9.17) is 14.2 Å². The van der Waals surface area contributed by atoms with Gasteiger partial charge in [0.05, 0.1) is 18.2 Å². The average molecular weight is 326 g/mol. The van der Waals surface area contributed by atoms with Crippen molar-refractivity contribution in [3.8, 4) is 17.2 Å². The van der Waals surface area contributed by atoms with Crippen molar-refractivity contribution in [2.24, 2.45) is 0 Å². The topological polar surface area (TPSA) is 60.0 Å². The normalized spacial score (nSPS) is 17.9. The molecule has 124 valence electrons. The van der Waals surface area contributed by atoms with Crippen LogP contribution in [0.15, 0.2) is 42.5 Å². The fourth-order valence-electron chi connectivity index (χ4n) is 2.96. The van der Waals surface area contributed by atoms with Gasteiger partial charge in [0.1, 0.15) is 12.4 Å². The van der Waals surface area contributed by atoms with Crippen LogP contribution in [0.4, 0.5) is 11.4 Å². The number of anilines is 2. The van der Waals surface area contributed by atoms with Crippen molar-refractivity contribution >= 4 is 17.3 Å². The summed E-state index contributed by atoms with van der Waals surface area (Å²) in [5.41, 5.74) is 1.70. The van der Waals surface area contributed by atoms with E-state index in [0.717, 1.165) is 11.4 Å². The molecule has 2 aliphatic rings. The Hall–Kier alpha value is -2.89. The van der Waals surface area contributed by atoms with E-state index in [-0.39, 0.29) is 18.7 Å². The number of hydrogen-bond acceptors (Lipinski definition) is 5. The molecule has 0 fully saturated rings. The maximum absolute atomic E-state index is 12.4. The Morgan fingerprint density at radius 1 is 1.12 bits per heavy atom. The fourth-order valence-corrected chi connectivity index (χ4v) is 2.96. The highest BCUT2D eigenvalue weighted by atomic mass is 16.7. The molecule has 1 N–H and O–H groups in total. The summed E-state index contributed by atoms with van der Waals surface area (Å²) in [6.07, 6.45) is 0.347. The van der Waals surface area contributed by atoms with E-state index >= 15 is 0 Å². The highest BCUT2D eigenvalue weighted by Crippen LogP contribution is 2.35. The van der Waals surface area contributed by atoms with Crippen LogP contribution in [0.3, 0.4) is 0 Å². The molecule has 6 heteroatoms. The van der Waals surface area contributed by atoms with Gasteiger partial charge in [-0.3, -0.25) is 4.79 Å². The number of hydrogen-bond donors (Lipinski definition) is 1. The molecular weight excluding hydrogens is 308 g/mol. The molecule has 2 aromatic rings. The van der Waals surface area contributed by atoms with Gasteiger partial charge >= 0.3 is 0 Å². The van der Waals surface area contributed by atoms with E-state index in [2.05, 4.69) is 10.2 Å². The van der Waals surface area contributed by atoms with Crippen molar-refractivity contribution in [2.45, 2.75) is 12.5 Å². The summed E-state index contributed by atoms with van der Waals surface area (Å²) in [7, 11) is 1.99. The van der Waals surface area contributed by atoms with Crippen molar-refractivity contribution in [1.29, 1.82) is 0 Å². The lowest BCUT2D eigenvalue weighted by molar-refractivity contribution is -0.116. The summed E-state index contributed by atoms with van der Waals surface area (Å²) in [5.74, 6) is 2.14. The summed E-state index contributed by atoms with van der Waals surface area (Å²) >= 11 is 0. The Morgan fingerprint density at radius 2 is 1.96 bits per heavy atom. The van der Waals surface area contributed by atoms with Gasteiger partial charge in [0, 0.05) is 18.8 Å². The number of rotatable bonds is 3. The highest BCUT2D eigenvalue weighted by molar-refractivity contribution is 5.92. The first-order valence-electron chi connectivity index (χ1n) is 7.85. The van der Waals surface area contributed by atoms with Gasteiger partial charge in [-0.15, -0.1) is 0 Å². The molecule has 2 aromatic carbocycles. The number of carbonyl (C=O) groups is 1. The zero-order valence-corrected chi connectivity index (χ0v) is 13.3. The van der Waals surface area contributed by atoms with E-state index in [0.29, 0.717) is 30.2 Å². The Kier molecular flexibility index (Phi) is 3.65. The standard InChI is InChI=1S/C18H18N2O4/c1-20-13(10-22-15-5-3-2-4-14(15)20)9-18(21)19-12-6-7-16-17(8-12)24-11-23-16/h2-8,13H,9-11H2,1H3,(H,19,21)/t13-/m1/s1. The number of benzene rings is 2. The quantitative estimate of drug-likeness (QED) is 0.939. The second kappa shape index (κ2) is 5.96. The molecule has 0 unspecified atom stereocenters. The molecule has 6 nitrogen and oxygen atoms in total. The van der Waals surface area contributed by atoms with Gasteiger partial charge in [0.25, 0.3) is 0 Å². The van der Waals surface area contributed by atoms with E-state index in [1.54, 1.807) is 12.1 Å². The Bertz CT molecular complexity index is 777. The smallest absolute Gasteiger partial charge is 0.231 e. The third kappa shape index (κ3) is 2.71. The van der Waals surface area contributed by atoms with Crippen LogP contribution in [-0.2, 0) is 4.79 Å². The Balaban J connectivity index is 1.41. The summed E-state index contributed by atoms with van der Waals surface area (Å²) in [5, 5.41) is 2.91. The van der Waals surface area contributed by atoms with E-state index in [1.807, 2.05) is 37.4 Å². The lowest BCUT2D eigenvalue weighted by Gasteiger charge is -2.35. The Morgan fingerprint density at radius 3 is 2.88 bits per heavy atom. The molecule has 0 saturated carbocycles. The minimum absolute atomic E-state index is 0.00564. The van der Waals surface area contributed by atoms with Gasteiger partial charge in [-0.05, 0) is 24.3 Å². The molecule has 0 bridgehead atoms. The first kappa shape index (κ1) is 14.7. The molecule has 1 amide bonds. The molecule has 1 atom stereocenters. The largest absolute Gasteiger partial charge is 0.489 e. The predicted molar refractivity (Wildman–Crippen MR) is 89.9 cm³/mol. The zero-order chi connectivity index (χ0) is 16.5. The van der Waals surface area contributed by atoms with Crippen molar-refractivity contribution < 1.29 is 19.0 Å². The molecule has 2 heterocycles. The van der Waals surface area contributed by atoms with Crippen molar-refractivity contribution in [1.82, 2.24) is 0 Å². The third-order valence-electron chi connectivity index (χ3n) is 4.30. The predicted octanol–water partition coefficient (Wildman–Crippen LogP) is 2.64. The van der Waals surface area contributed by atoms with Gasteiger partial charge in [-0.25, -0.2) is 0 Å². The SMILES string of the molecule is CN1c2ccccc2OC[C@H]1CC(=O)Nc1ccc2c(c1)OCO2. The Labute approximate surface area is 139 Å². The number of fused-ring (bicyclic) bond motifs is 2. The molecule has 2 aliphatic heterocycles. The van der Waals surface area contributed by atoms with Crippen LogP contribution < -0.4 is 24.4 Å². The summed E-state index contributed by atoms with van der Waals surface area (Å²) in [6, 6.07) is 13.2. The van der Waals surface area contributed by atoms with Crippen LogP contribution in [0.2, 0.25) is 0 Å². The monoisotopic (exact) mass is 326 g/mol. The van der Waals surface area contributed by atoms with Crippen LogP contribution in [0.25, 0.3) is 0 Å². The number of likely N-dealkylation sites (N-methyl/N-ethyl adjacent to an activating group) is 1. The average Bonchev–Trinajstić information content (AvgIpc) is 3.05. The third-order valence-corrected chi connectivity index (χ3v) is 4.30. The van der Waals surface area contributed by atoms with Gasteiger partial charge in [-0.1, -0.05) is 12.1 Å². The van der Waals surface area contributed by atoms with Crippen LogP contribution in [-0.4, -0.2) is 32.4 Å². The number of carbonyl (C=O) groups excluding carboxylic acids is 1. The molecule has 0 saturated heterocycles. The fraction of sp³-hybridized carbons (Fsp3) is 0.278. The first-order chi connectivity index (χ1) is 11.7. The molecule has 0 radical (unpaired) electrons. The van der Waals surface area contributed by atoms with Gasteiger partial charge in [-0.2, -0.15) is 0 Å². The number of para-hydroxylation sites is 2. The minimum Gasteiger partial charge on any atom is -0.489 e. The highest BCUT2D eigenvalue weighted by Gasteiger charge is 2.26. The van der Waals surface area contributed by atoms with Crippen molar-refractivity contribution in [3.05, 3.63) is 42.5 Å². The van der Waals surface area contributed by atoms with E-state index < -0.39 is 0 Å². The molecule has 24 heavy (non-hydrogen) atoms. The second-order valence-electron chi connectivity index (χ2n) is 5.86. The molecule has 0 spiro atoms. The minimum atomic E-state index is -0.0614. The van der Waals surface area contributed by atoms with Crippen LogP contribution >= 0.6 is 0 Å². The number of nitrogens with zero attached hydrogens (tertiary/aromatic N) is 1. The summed E-state index contributed by atoms with van der Waals surface area (Å²) in [6.45, 7) is 0.707. The van der Waals surface area contributed by atoms with Crippen LogP contribution in [0.1, 0.15) is 6.42 Å². The van der Waals surface area contributed by atoms with Crippen LogP contribution in [0.5, 0.6) is 17.2 Å². The lowest BCUT2D eigenvalue weighted by atomic mass is 10.1. The number of ether oxygens (including phenoxy) is 3. The molecule has 0 aliphatic carbocycles. The molecular formula is C18H18N2O4. The molecule has 0 aromatic heterocycles. The van der Waals surface area contributed by atoms with Crippen molar-refractivity contribution in [3.63, 3.8) is 0 Å². The first-order valence-corrected chi connectivity index (χ1v) is 7.85. The summed E-state index contributed by atoms with van der Waals surface area (Å²) < 4.78 is 16.4. The molecule has 4 rings (SSSR count).